The molecule has 0 saturated carbocycles. The molecule has 1 heterocycles. The van der Waals surface area contributed by atoms with Gasteiger partial charge in [0.15, 0.2) is 5.75 Å². The first-order valence-corrected chi connectivity index (χ1v) is 9.86. The quantitative estimate of drug-likeness (QED) is 0.433. The topological polar surface area (TPSA) is 51.6 Å². The number of aliphatic hydroxyl groups is 1. The van der Waals surface area contributed by atoms with Crippen LogP contribution in [0.3, 0.4) is 0 Å². The molecule has 1 N–H and O–H groups in total. The molecule has 0 radical (unpaired) electrons. The largest absolute Gasteiger partial charge is 0.483 e. The van der Waals surface area contributed by atoms with E-state index in [0.29, 0.717) is 24.8 Å². The lowest BCUT2D eigenvalue weighted by atomic mass is 10.1. The second-order valence-corrected chi connectivity index (χ2v) is 6.90. The van der Waals surface area contributed by atoms with Gasteiger partial charge in [-0.15, -0.1) is 0 Å². The Morgan fingerprint density at radius 1 is 0.600 bits per heavy atom. The van der Waals surface area contributed by atoms with Gasteiger partial charge in [-0.2, -0.15) is 0 Å². The van der Waals surface area contributed by atoms with E-state index in [1.165, 1.54) is 0 Å². The van der Waals surface area contributed by atoms with E-state index in [9.17, 15) is 5.11 Å². The molecule has 0 unspecified atom stereocenters. The number of aliphatic hydroxyl groups excluding tert-OH is 1. The number of rotatable bonds is 8. The van der Waals surface area contributed by atoms with Crippen LogP contribution in [-0.2, 0) is 19.8 Å². The maximum atomic E-state index is 9.26. The molecule has 30 heavy (non-hydrogen) atoms. The smallest absolute Gasteiger partial charge is 0.257 e. The van der Waals surface area contributed by atoms with Gasteiger partial charge in [0.1, 0.15) is 13.2 Å². The van der Waals surface area contributed by atoms with Gasteiger partial charge in [-0.3, -0.25) is 0 Å². The van der Waals surface area contributed by atoms with Gasteiger partial charge < -0.3 is 14.6 Å². The molecule has 4 rings (SSSR count). The number of ether oxygens (including phenoxy) is 2. The number of hydrogen-bond donors (Lipinski definition) is 1. The molecule has 150 valence electrons. The molecule has 0 aliphatic carbocycles. The van der Waals surface area contributed by atoms with Gasteiger partial charge in [-0.25, -0.2) is 4.98 Å². The van der Waals surface area contributed by atoms with Crippen molar-refractivity contribution in [3.63, 3.8) is 0 Å². The second kappa shape index (κ2) is 9.72. The van der Waals surface area contributed by atoms with Crippen molar-refractivity contribution in [2.24, 2.45) is 0 Å². The van der Waals surface area contributed by atoms with Crippen LogP contribution >= 0.6 is 0 Å². The zero-order valence-corrected chi connectivity index (χ0v) is 16.6. The molecule has 0 fully saturated rings. The first-order chi connectivity index (χ1) is 14.8. The van der Waals surface area contributed by atoms with Crippen molar-refractivity contribution in [1.82, 2.24) is 4.98 Å². The molecule has 0 atom stereocenters. The second-order valence-electron chi connectivity index (χ2n) is 6.90. The number of pyridine rings is 1. The van der Waals surface area contributed by atoms with Crippen LogP contribution in [0.1, 0.15) is 16.7 Å². The molecule has 4 nitrogen and oxygen atoms in total. The lowest BCUT2D eigenvalue weighted by Crippen LogP contribution is -2.03. The van der Waals surface area contributed by atoms with Gasteiger partial charge in [-0.1, -0.05) is 84.9 Å². The fourth-order valence-electron chi connectivity index (χ4n) is 3.04. The summed E-state index contributed by atoms with van der Waals surface area (Å²) >= 11 is 0. The molecule has 0 aliphatic heterocycles. The molecular weight excluding hydrogens is 374 g/mol. The summed E-state index contributed by atoms with van der Waals surface area (Å²) < 4.78 is 12.1. The minimum absolute atomic E-state index is 0.0193. The summed E-state index contributed by atoms with van der Waals surface area (Å²) in [6.07, 6.45) is 0. The minimum atomic E-state index is 0.0193. The first kappa shape index (κ1) is 19.7. The Labute approximate surface area is 176 Å². The Balaban J connectivity index is 1.58. The summed E-state index contributed by atoms with van der Waals surface area (Å²) in [6.45, 7) is 0.864. The van der Waals surface area contributed by atoms with E-state index in [1.54, 1.807) is 0 Å². The molecule has 4 heteroatoms. The molecule has 0 saturated heterocycles. The molecule has 0 aliphatic rings. The number of aromatic nitrogens is 1. The normalized spacial score (nSPS) is 10.6. The van der Waals surface area contributed by atoms with Gasteiger partial charge >= 0.3 is 0 Å². The molecule has 0 bridgehead atoms. The van der Waals surface area contributed by atoms with E-state index >= 15 is 0 Å². The highest BCUT2D eigenvalue weighted by Gasteiger charge is 2.11. The van der Waals surface area contributed by atoms with Gasteiger partial charge in [0.05, 0.1) is 12.3 Å². The predicted molar refractivity (Wildman–Crippen MR) is 117 cm³/mol. The monoisotopic (exact) mass is 397 g/mol. The average molecular weight is 397 g/mol. The van der Waals surface area contributed by atoms with Gasteiger partial charge in [0.2, 0.25) is 0 Å². The van der Waals surface area contributed by atoms with Crippen LogP contribution in [0.5, 0.6) is 11.6 Å². The fraction of sp³-hybridized carbons (Fsp3) is 0.115. The Bertz CT molecular complexity index is 1060. The van der Waals surface area contributed by atoms with Crippen LogP contribution in [-0.4, -0.2) is 10.1 Å². The maximum absolute atomic E-state index is 9.26. The zero-order chi connectivity index (χ0) is 20.6. The van der Waals surface area contributed by atoms with Crippen molar-refractivity contribution in [2.75, 3.05) is 0 Å². The van der Waals surface area contributed by atoms with Crippen molar-refractivity contribution in [3.8, 4) is 22.9 Å². The van der Waals surface area contributed by atoms with Crippen LogP contribution in [0.15, 0.2) is 97.1 Å². The van der Waals surface area contributed by atoms with E-state index in [2.05, 4.69) is 0 Å². The minimum Gasteiger partial charge on any atom is -0.483 e. The highest BCUT2D eigenvalue weighted by Crippen LogP contribution is 2.30. The number of hydrogen-bond acceptors (Lipinski definition) is 4. The van der Waals surface area contributed by atoms with E-state index in [4.69, 9.17) is 14.5 Å². The lowest BCUT2D eigenvalue weighted by molar-refractivity contribution is 0.247. The molecule has 0 spiro atoms. The first-order valence-electron chi connectivity index (χ1n) is 9.86. The van der Waals surface area contributed by atoms with E-state index in [0.717, 1.165) is 27.9 Å². The average Bonchev–Trinajstić information content (AvgIpc) is 2.83. The summed E-state index contributed by atoms with van der Waals surface area (Å²) in [6, 6.07) is 31.5. The van der Waals surface area contributed by atoms with E-state index in [1.807, 2.05) is 97.1 Å². The van der Waals surface area contributed by atoms with E-state index in [-0.39, 0.29) is 6.61 Å². The van der Waals surface area contributed by atoms with Crippen LogP contribution in [0, 0.1) is 0 Å². The van der Waals surface area contributed by atoms with Crippen LogP contribution in [0.2, 0.25) is 0 Å². The highest BCUT2D eigenvalue weighted by atomic mass is 16.5. The molecule has 4 aromatic rings. The van der Waals surface area contributed by atoms with Crippen molar-refractivity contribution in [3.05, 3.63) is 114 Å². The third-order valence-corrected chi connectivity index (χ3v) is 4.71. The van der Waals surface area contributed by atoms with Crippen LogP contribution < -0.4 is 9.47 Å². The maximum Gasteiger partial charge on any atom is 0.257 e. The fourth-order valence-corrected chi connectivity index (χ4v) is 3.04. The zero-order valence-electron chi connectivity index (χ0n) is 16.6. The van der Waals surface area contributed by atoms with Crippen molar-refractivity contribution in [2.45, 2.75) is 19.8 Å². The standard InChI is InChI=1S/C26H23NO3/c28-17-20-11-13-23(14-12-20)24-15-16-25(29-18-21-7-3-1-4-8-21)26(27-24)30-19-22-9-5-2-6-10-22/h1-16,28H,17-19H2. The third kappa shape index (κ3) is 5.04. The van der Waals surface area contributed by atoms with Crippen LogP contribution in [0.25, 0.3) is 11.3 Å². The summed E-state index contributed by atoms with van der Waals surface area (Å²) in [7, 11) is 0. The Kier molecular flexibility index (Phi) is 6.38. The van der Waals surface area contributed by atoms with Crippen molar-refractivity contribution < 1.29 is 14.6 Å². The summed E-state index contributed by atoms with van der Waals surface area (Å²) in [5.74, 6) is 1.06. The van der Waals surface area contributed by atoms with Gasteiger partial charge in [-0.05, 0) is 28.8 Å². The molecule has 3 aromatic carbocycles. The number of nitrogens with zero attached hydrogens (tertiary/aromatic N) is 1. The molecule has 0 amide bonds. The summed E-state index contributed by atoms with van der Waals surface area (Å²) in [5.41, 5.74) is 4.74. The number of benzene rings is 3. The Morgan fingerprint density at radius 2 is 1.20 bits per heavy atom. The Morgan fingerprint density at radius 3 is 1.80 bits per heavy atom. The third-order valence-electron chi connectivity index (χ3n) is 4.71. The van der Waals surface area contributed by atoms with Gasteiger partial charge in [0.25, 0.3) is 5.88 Å². The van der Waals surface area contributed by atoms with Crippen LogP contribution in [0.4, 0.5) is 0 Å². The lowest BCUT2D eigenvalue weighted by Gasteiger charge is -2.14. The Hall–Kier alpha value is -3.63. The summed E-state index contributed by atoms with van der Waals surface area (Å²) in [4.78, 5) is 4.72. The molecular formula is C26H23NO3. The molecule has 1 aromatic heterocycles. The SMILES string of the molecule is OCc1ccc(-c2ccc(OCc3ccccc3)c(OCc3ccccc3)n2)cc1. The predicted octanol–water partition coefficient (Wildman–Crippen LogP) is 5.40. The van der Waals surface area contributed by atoms with Crippen molar-refractivity contribution >= 4 is 0 Å². The van der Waals surface area contributed by atoms with Gasteiger partial charge in [0, 0.05) is 5.56 Å². The van der Waals surface area contributed by atoms with Crippen molar-refractivity contribution in [1.29, 1.82) is 0 Å². The highest BCUT2D eigenvalue weighted by molar-refractivity contribution is 5.61. The van der Waals surface area contributed by atoms with E-state index < -0.39 is 0 Å². The summed E-state index contributed by atoms with van der Waals surface area (Å²) in [5, 5.41) is 9.26.